The lowest BCUT2D eigenvalue weighted by molar-refractivity contribution is -0.111. The van der Waals surface area contributed by atoms with Crippen molar-refractivity contribution in [2.75, 3.05) is 5.32 Å². The summed E-state index contributed by atoms with van der Waals surface area (Å²) in [6.07, 6.45) is 14.3. The van der Waals surface area contributed by atoms with Crippen molar-refractivity contribution in [1.82, 2.24) is 4.98 Å². The number of amides is 1. The van der Waals surface area contributed by atoms with Crippen molar-refractivity contribution < 1.29 is 9.53 Å². The standard InChI is InChI=1S/C22H22N2O2/c25-22(9-8-19-12-16-6-7-18(19)11-16)24-20-4-1-5-21(13-20)26-15-17-3-2-10-23-14-17/h1-10,13-14,16,18-19H,11-12,15H2,(H,24,25)/b9-8+/t16-,18+,19?/m0/s1. The van der Waals surface area contributed by atoms with E-state index in [1.165, 1.54) is 12.8 Å². The van der Waals surface area contributed by atoms with Gasteiger partial charge in [-0.15, -0.1) is 0 Å². The van der Waals surface area contributed by atoms with Gasteiger partial charge < -0.3 is 10.1 Å². The van der Waals surface area contributed by atoms with E-state index in [1.807, 2.05) is 36.4 Å². The molecule has 0 saturated heterocycles. The molecule has 1 aromatic heterocycles. The van der Waals surface area contributed by atoms with Crippen LogP contribution in [0.4, 0.5) is 5.69 Å². The monoisotopic (exact) mass is 346 g/mol. The summed E-state index contributed by atoms with van der Waals surface area (Å²) in [4.78, 5) is 16.3. The Labute approximate surface area is 153 Å². The molecule has 0 radical (unpaired) electrons. The lowest BCUT2D eigenvalue weighted by Gasteiger charge is -2.13. The van der Waals surface area contributed by atoms with Crippen molar-refractivity contribution in [3.05, 3.63) is 78.7 Å². The normalized spacial score (nSPS) is 23.5. The molecule has 0 spiro atoms. The third-order valence-electron chi connectivity index (χ3n) is 5.05. The summed E-state index contributed by atoms with van der Waals surface area (Å²) in [6.45, 7) is 0.447. The Morgan fingerprint density at radius 3 is 2.96 bits per heavy atom. The number of carbonyl (C=O) groups excluding carboxylic acids is 1. The molecule has 1 aromatic carbocycles. The van der Waals surface area contributed by atoms with Crippen molar-refractivity contribution in [1.29, 1.82) is 0 Å². The van der Waals surface area contributed by atoms with E-state index in [0.717, 1.165) is 11.3 Å². The Morgan fingerprint density at radius 1 is 1.23 bits per heavy atom. The molecule has 132 valence electrons. The number of benzene rings is 1. The second-order valence-corrected chi connectivity index (χ2v) is 6.97. The molecule has 1 N–H and O–H groups in total. The average molecular weight is 346 g/mol. The molecule has 4 rings (SSSR count). The molecule has 26 heavy (non-hydrogen) atoms. The van der Waals surface area contributed by atoms with Gasteiger partial charge in [-0.25, -0.2) is 0 Å². The van der Waals surface area contributed by atoms with Crippen molar-refractivity contribution >= 4 is 11.6 Å². The number of nitrogens with zero attached hydrogens (tertiary/aromatic N) is 1. The fourth-order valence-electron chi connectivity index (χ4n) is 3.75. The number of aromatic nitrogens is 1. The molecule has 1 fully saturated rings. The summed E-state index contributed by atoms with van der Waals surface area (Å²) in [5.41, 5.74) is 1.74. The van der Waals surface area contributed by atoms with E-state index in [1.54, 1.807) is 18.5 Å². The van der Waals surface area contributed by atoms with E-state index in [9.17, 15) is 4.79 Å². The Balaban J connectivity index is 1.31. The van der Waals surface area contributed by atoms with E-state index in [0.29, 0.717) is 30.1 Å². The Kier molecular flexibility index (Phi) is 4.82. The summed E-state index contributed by atoms with van der Waals surface area (Å²) >= 11 is 0. The second-order valence-electron chi connectivity index (χ2n) is 6.97. The zero-order chi connectivity index (χ0) is 17.8. The molecule has 3 atom stereocenters. The summed E-state index contributed by atoms with van der Waals surface area (Å²) in [7, 11) is 0. The van der Waals surface area contributed by atoms with Crippen LogP contribution in [-0.4, -0.2) is 10.9 Å². The first-order valence-electron chi connectivity index (χ1n) is 9.05. The molecule has 0 aliphatic heterocycles. The number of fused-ring (bicyclic) bond motifs is 2. The number of nitrogens with one attached hydrogen (secondary N) is 1. The summed E-state index contributed by atoms with van der Waals surface area (Å²) in [5.74, 6) is 2.46. The Bertz CT molecular complexity index is 829. The zero-order valence-corrected chi connectivity index (χ0v) is 14.5. The zero-order valence-electron chi connectivity index (χ0n) is 14.5. The molecule has 1 saturated carbocycles. The van der Waals surface area contributed by atoms with Gasteiger partial charge in [-0.05, 0) is 54.9 Å². The van der Waals surface area contributed by atoms with Gasteiger partial charge in [0, 0.05) is 29.7 Å². The topological polar surface area (TPSA) is 51.2 Å². The number of carbonyl (C=O) groups is 1. The minimum absolute atomic E-state index is 0.0961. The van der Waals surface area contributed by atoms with Crippen molar-refractivity contribution in [3.63, 3.8) is 0 Å². The molecule has 2 bridgehead atoms. The van der Waals surface area contributed by atoms with Gasteiger partial charge in [0.05, 0.1) is 0 Å². The molecule has 1 amide bonds. The number of ether oxygens (including phenoxy) is 1. The SMILES string of the molecule is O=C(/C=C/C1C[C@H]2C=C[C@@H]1C2)Nc1cccc(OCc2cccnc2)c1. The largest absolute Gasteiger partial charge is 0.489 e. The van der Waals surface area contributed by atoms with Gasteiger partial charge in [-0.3, -0.25) is 9.78 Å². The predicted octanol–water partition coefficient (Wildman–Crippen LogP) is 4.37. The van der Waals surface area contributed by atoms with E-state index < -0.39 is 0 Å². The van der Waals surface area contributed by atoms with Crippen LogP contribution < -0.4 is 10.1 Å². The van der Waals surface area contributed by atoms with Crippen LogP contribution in [0.25, 0.3) is 0 Å². The molecule has 2 aromatic rings. The maximum atomic E-state index is 12.2. The van der Waals surface area contributed by atoms with E-state index in [4.69, 9.17) is 4.74 Å². The van der Waals surface area contributed by atoms with Crippen LogP contribution in [0, 0.1) is 17.8 Å². The van der Waals surface area contributed by atoms with Gasteiger partial charge in [-0.2, -0.15) is 0 Å². The molecule has 4 heteroatoms. The first-order valence-corrected chi connectivity index (χ1v) is 9.05. The number of anilines is 1. The first-order chi connectivity index (χ1) is 12.8. The molecule has 2 aliphatic carbocycles. The average Bonchev–Trinajstić information content (AvgIpc) is 3.29. The quantitative estimate of drug-likeness (QED) is 0.624. The molecule has 1 heterocycles. The third kappa shape index (κ3) is 4.02. The molecule has 2 aliphatic rings. The Hall–Kier alpha value is -2.88. The summed E-state index contributed by atoms with van der Waals surface area (Å²) < 4.78 is 5.77. The van der Waals surface area contributed by atoms with Gasteiger partial charge in [-0.1, -0.05) is 30.4 Å². The van der Waals surface area contributed by atoms with Gasteiger partial charge >= 0.3 is 0 Å². The number of pyridine rings is 1. The van der Waals surface area contributed by atoms with Crippen LogP contribution in [0.2, 0.25) is 0 Å². The highest BCUT2D eigenvalue weighted by Crippen LogP contribution is 2.43. The van der Waals surface area contributed by atoms with Crippen LogP contribution in [0.1, 0.15) is 18.4 Å². The lowest BCUT2D eigenvalue weighted by Crippen LogP contribution is -2.10. The smallest absolute Gasteiger partial charge is 0.248 e. The highest BCUT2D eigenvalue weighted by molar-refractivity contribution is 5.99. The van der Waals surface area contributed by atoms with E-state index >= 15 is 0 Å². The van der Waals surface area contributed by atoms with Crippen LogP contribution >= 0.6 is 0 Å². The second kappa shape index (κ2) is 7.56. The fourth-order valence-corrected chi connectivity index (χ4v) is 3.75. The van der Waals surface area contributed by atoms with Gasteiger partial charge in [0.15, 0.2) is 0 Å². The van der Waals surface area contributed by atoms with Gasteiger partial charge in [0.2, 0.25) is 5.91 Å². The van der Waals surface area contributed by atoms with Crippen LogP contribution in [0.15, 0.2) is 73.1 Å². The van der Waals surface area contributed by atoms with Gasteiger partial charge in [0.1, 0.15) is 12.4 Å². The lowest BCUT2D eigenvalue weighted by atomic mass is 9.93. The van der Waals surface area contributed by atoms with E-state index in [2.05, 4.69) is 28.5 Å². The van der Waals surface area contributed by atoms with Crippen molar-refractivity contribution in [2.45, 2.75) is 19.4 Å². The summed E-state index contributed by atoms with van der Waals surface area (Å²) in [5, 5.41) is 2.91. The van der Waals surface area contributed by atoms with Crippen molar-refractivity contribution in [2.24, 2.45) is 17.8 Å². The molecular weight excluding hydrogens is 324 g/mol. The first kappa shape index (κ1) is 16.6. The minimum atomic E-state index is -0.0961. The van der Waals surface area contributed by atoms with Crippen molar-refractivity contribution in [3.8, 4) is 5.75 Å². The van der Waals surface area contributed by atoms with Gasteiger partial charge in [0.25, 0.3) is 0 Å². The van der Waals surface area contributed by atoms with E-state index in [-0.39, 0.29) is 5.91 Å². The number of rotatable bonds is 6. The number of hydrogen-bond donors (Lipinski definition) is 1. The highest BCUT2D eigenvalue weighted by atomic mass is 16.5. The van der Waals surface area contributed by atoms with Crippen LogP contribution in [-0.2, 0) is 11.4 Å². The third-order valence-corrected chi connectivity index (χ3v) is 5.05. The fraction of sp³-hybridized carbons (Fsp3) is 0.273. The number of hydrogen-bond acceptors (Lipinski definition) is 3. The van der Waals surface area contributed by atoms with Crippen LogP contribution in [0.3, 0.4) is 0 Å². The number of allylic oxidation sites excluding steroid dienone is 3. The summed E-state index contributed by atoms with van der Waals surface area (Å²) in [6, 6.07) is 11.3. The minimum Gasteiger partial charge on any atom is -0.489 e. The highest BCUT2D eigenvalue weighted by Gasteiger charge is 2.33. The predicted molar refractivity (Wildman–Crippen MR) is 102 cm³/mol. The maximum Gasteiger partial charge on any atom is 0.248 e. The van der Waals surface area contributed by atoms with Crippen LogP contribution in [0.5, 0.6) is 5.75 Å². The molecular formula is C22H22N2O2. The Morgan fingerprint density at radius 2 is 2.19 bits per heavy atom. The molecule has 1 unspecified atom stereocenters. The molecule has 4 nitrogen and oxygen atoms in total. The maximum absolute atomic E-state index is 12.2.